The first-order valence-electron chi connectivity index (χ1n) is 18.6. The lowest BCUT2D eigenvalue weighted by Gasteiger charge is -2.26. The van der Waals surface area contributed by atoms with Crippen molar-refractivity contribution in [2.75, 3.05) is 4.90 Å². The van der Waals surface area contributed by atoms with Gasteiger partial charge in [-0.2, -0.15) is 0 Å². The van der Waals surface area contributed by atoms with E-state index in [1.165, 1.54) is 84.5 Å². The maximum atomic E-state index is 2.38. The normalized spacial score (nSPS) is 11.6. The van der Waals surface area contributed by atoms with Crippen molar-refractivity contribution in [3.05, 3.63) is 200 Å². The molecule has 258 valence electrons. The third-order valence-corrected chi connectivity index (χ3v) is 13.1. The van der Waals surface area contributed by atoms with Crippen LogP contribution in [0.4, 0.5) is 17.1 Å². The molecule has 0 aliphatic rings. The Hall–Kier alpha value is -6.52. The molecule has 0 bridgehead atoms. The molecule has 0 fully saturated rings. The van der Waals surface area contributed by atoms with Crippen LogP contribution in [0.25, 0.3) is 84.5 Å². The molecule has 0 atom stereocenters. The van der Waals surface area contributed by atoms with Crippen LogP contribution in [0.3, 0.4) is 0 Å². The van der Waals surface area contributed by atoms with E-state index in [9.17, 15) is 0 Å². The summed E-state index contributed by atoms with van der Waals surface area (Å²) in [6.07, 6.45) is 0. The molecule has 9 aromatic carbocycles. The number of anilines is 3. The quantitative estimate of drug-likeness (QED) is 0.164. The summed E-state index contributed by atoms with van der Waals surface area (Å²) in [7, 11) is 0. The fraction of sp³-hybridized carbons (Fsp3) is 0. The highest BCUT2D eigenvalue weighted by Crippen LogP contribution is 2.41. The molecule has 55 heavy (non-hydrogen) atoms. The molecule has 2 aromatic heterocycles. The molecule has 0 saturated carbocycles. The van der Waals surface area contributed by atoms with Crippen molar-refractivity contribution >= 4 is 90.9 Å². The van der Waals surface area contributed by atoms with Crippen LogP contribution < -0.4 is 4.90 Å². The Morgan fingerprint density at radius 2 is 0.764 bits per heavy atom. The Morgan fingerprint density at radius 3 is 1.51 bits per heavy atom. The number of hydrogen-bond acceptors (Lipinski definition) is 3. The third-order valence-electron chi connectivity index (χ3n) is 10.9. The van der Waals surface area contributed by atoms with Gasteiger partial charge in [-0.1, -0.05) is 127 Å². The van der Waals surface area contributed by atoms with Gasteiger partial charge in [-0.15, -0.1) is 22.7 Å². The Kier molecular flexibility index (Phi) is 7.61. The van der Waals surface area contributed by atoms with Crippen LogP contribution in [-0.4, -0.2) is 0 Å². The van der Waals surface area contributed by atoms with Crippen LogP contribution >= 0.6 is 22.7 Å². The zero-order valence-corrected chi connectivity index (χ0v) is 31.4. The van der Waals surface area contributed by atoms with Crippen LogP contribution in [0.5, 0.6) is 0 Å². The second-order valence-corrected chi connectivity index (χ2v) is 16.3. The summed E-state index contributed by atoms with van der Waals surface area (Å²) in [6, 6.07) is 73.5. The molecule has 0 unspecified atom stereocenters. The van der Waals surface area contributed by atoms with Gasteiger partial charge >= 0.3 is 0 Å². The van der Waals surface area contributed by atoms with Gasteiger partial charge in [-0.05, 0) is 117 Å². The minimum Gasteiger partial charge on any atom is -0.310 e. The molecular formula is C52H33NS2. The lowest BCUT2D eigenvalue weighted by molar-refractivity contribution is 1.28. The number of fused-ring (bicyclic) bond motifs is 7. The Bertz CT molecular complexity index is 3200. The van der Waals surface area contributed by atoms with Gasteiger partial charge in [0.25, 0.3) is 0 Å². The van der Waals surface area contributed by atoms with Gasteiger partial charge in [0.15, 0.2) is 0 Å². The molecule has 0 aliphatic heterocycles. The highest BCUT2D eigenvalue weighted by atomic mass is 32.1. The van der Waals surface area contributed by atoms with Gasteiger partial charge in [0, 0.05) is 57.4 Å². The van der Waals surface area contributed by atoms with Crippen molar-refractivity contribution in [1.82, 2.24) is 0 Å². The van der Waals surface area contributed by atoms with Crippen molar-refractivity contribution in [3.63, 3.8) is 0 Å². The molecule has 0 aliphatic carbocycles. The van der Waals surface area contributed by atoms with Crippen molar-refractivity contribution < 1.29 is 0 Å². The topological polar surface area (TPSA) is 3.24 Å². The first-order valence-corrected chi connectivity index (χ1v) is 20.3. The molecular weight excluding hydrogens is 703 g/mol. The van der Waals surface area contributed by atoms with Crippen molar-refractivity contribution in [3.8, 4) is 33.4 Å². The van der Waals surface area contributed by atoms with Crippen LogP contribution in [-0.2, 0) is 0 Å². The summed E-state index contributed by atoms with van der Waals surface area (Å²) >= 11 is 3.73. The van der Waals surface area contributed by atoms with E-state index in [1.54, 1.807) is 0 Å². The second kappa shape index (κ2) is 13.1. The Balaban J connectivity index is 0.995. The fourth-order valence-corrected chi connectivity index (χ4v) is 10.3. The number of benzene rings is 9. The monoisotopic (exact) mass is 735 g/mol. The standard InChI is InChI=1S/C52H33NS2/c1-2-9-37-30-39(17-16-34(37)8-1)35-18-24-42(25-19-35)53(43-26-20-36(21-27-43)41-22-28-47-45-12-3-5-14-49(45)55-52(47)33-41)44-11-7-10-38(31-44)40-23-29-51-48(32-40)46-13-4-6-15-50(46)54-51/h1-33H. The van der Waals surface area contributed by atoms with Crippen molar-refractivity contribution in [1.29, 1.82) is 0 Å². The summed E-state index contributed by atoms with van der Waals surface area (Å²) < 4.78 is 5.30. The number of nitrogens with zero attached hydrogens (tertiary/aromatic N) is 1. The summed E-state index contributed by atoms with van der Waals surface area (Å²) in [6.45, 7) is 0. The van der Waals surface area contributed by atoms with Gasteiger partial charge in [0.2, 0.25) is 0 Å². The minimum atomic E-state index is 1.11. The van der Waals surface area contributed by atoms with E-state index in [2.05, 4.69) is 205 Å². The highest BCUT2D eigenvalue weighted by molar-refractivity contribution is 7.26. The number of hydrogen-bond donors (Lipinski definition) is 0. The van der Waals surface area contributed by atoms with Crippen LogP contribution in [0.15, 0.2) is 200 Å². The van der Waals surface area contributed by atoms with E-state index in [0.29, 0.717) is 0 Å². The second-order valence-electron chi connectivity index (χ2n) is 14.2. The first kappa shape index (κ1) is 32.0. The Labute approximate surface area is 327 Å². The smallest absolute Gasteiger partial charge is 0.0467 e. The number of thiophene rings is 2. The first-order chi connectivity index (χ1) is 27.2. The molecule has 0 amide bonds. The molecule has 0 saturated heterocycles. The SMILES string of the molecule is c1cc(-c2ccc3sc4ccccc4c3c2)cc(N(c2ccc(-c3ccc4ccccc4c3)cc2)c2ccc(-c3ccc4c(c3)sc3ccccc34)cc2)c1. The maximum Gasteiger partial charge on any atom is 0.0467 e. The molecule has 1 nitrogen and oxygen atoms in total. The largest absolute Gasteiger partial charge is 0.310 e. The molecule has 0 spiro atoms. The molecule has 2 heterocycles. The zero-order chi connectivity index (χ0) is 36.3. The number of rotatable bonds is 6. The lowest BCUT2D eigenvalue weighted by atomic mass is 10.00. The molecule has 3 heteroatoms. The fourth-order valence-electron chi connectivity index (χ4n) is 8.06. The van der Waals surface area contributed by atoms with Gasteiger partial charge in [0.1, 0.15) is 0 Å². The summed E-state index contributed by atoms with van der Waals surface area (Å²) in [5, 5.41) is 7.80. The molecule has 0 radical (unpaired) electrons. The van der Waals surface area contributed by atoms with Crippen LogP contribution in [0.1, 0.15) is 0 Å². The molecule has 11 aromatic rings. The van der Waals surface area contributed by atoms with Crippen LogP contribution in [0, 0.1) is 0 Å². The third kappa shape index (κ3) is 5.68. The molecule has 11 rings (SSSR count). The van der Waals surface area contributed by atoms with E-state index < -0.39 is 0 Å². The highest BCUT2D eigenvalue weighted by Gasteiger charge is 2.16. The average Bonchev–Trinajstić information content (AvgIpc) is 3.82. The summed E-state index contributed by atoms with van der Waals surface area (Å²) in [5.41, 5.74) is 10.6. The van der Waals surface area contributed by atoms with E-state index in [-0.39, 0.29) is 0 Å². The van der Waals surface area contributed by atoms with Gasteiger partial charge in [-0.3, -0.25) is 0 Å². The summed E-state index contributed by atoms with van der Waals surface area (Å²) in [4.78, 5) is 2.38. The van der Waals surface area contributed by atoms with E-state index >= 15 is 0 Å². The van der Waals surface area contributed by atoms with E-state index in [0.717, 1.165) is 17.1 Å². The molecule has 0 N–H and O–H groups in total. The lowest BCUT2D eigenvalue weighted by Crippen LogP contribution is -2.10. The van der Waals surface area contributed by atoms with Gasteiger partial charge in [0.05, 0.1) is 0 Å². The average molecular weight is 736 g/mol. The van der Waals surface area contributed by atoms with E-state index in [1.807, 2.05) is 22.7 Å². The van der Waals surface area contributed by atoms with Gasteiger partial charge < -0.3 is 4.90 Å². The Morgan fingerprint density at radius 1 is 0.255 bits per heavy atom. The predicted molar refractivity (Wildman–Crippen MR) is 241 cm³/mol. The van der Waals surface area contributed by atoms with E-state index in [4.69, 9.17) is 0 Å². The summed E-state index contributed by atoms with van der Waals surface area (Å²) in [5.74, 6) is 0. The van der Waals surface area contributed by atoms with Crippen molar-refractivity contribution in [2.45, 2.75) is 0 Å². The van der Waals surface area contributed by atoms with Crippen molar-refractivity contribution in [2.24, 2.45) is 0 Å². The van der Waals surface area contributed by atoms with Gasteiger partial charge in [-0.25, -0.2) is 0 Å². The van der Waals surface area contributed by atoms with Crippen LogP contribution in [0.2, 0.25) is 0 Å². The predicted octanol–water partition coefficient (Wildman–Crippen LogP) is 16.0. The maximum absolute atomic E-state index is 2.38. The zero-order valence-electron chi connectivity index (χ0n) is 29.8. The minimum absolute atomic E-state index is 1.11.